The van der Waals surface area contributed by atoms with Gasteiger partial charge < -0.3 is 53.0 Å². The second-order valence-corrected chi connectivity index (χ2v) is 23.9. The van der Waals surface area contributed by atoms with E-state index in [4.69, 9.17) is 18.6 Å². The molecule has 0 saturated carbocycles. The molecule has 341 valence electrons. The van der Waals surface area contributed by atoms with Crippen LogP contribution in [0.2, 0.25) is 25.0 Å². The molecule has 0 unspecified atom stereocenters. The molecule has 0 saturated heterocycles. The lowest BCUT2D eigenvalue weighted by Crippen LogP contribution is -2.57. The number of carbonyl (C=O) groups is 4. The van der Waals surface area contributed by atoms with Gasteiger partial charge in [0.25, 0.3) is 11.8 Å². The highest BCUT2D eigenvalue weighted by atomic mass is 28.4. The molecular formula is C48H59B2N4O10Si. The van der Waals surface area contributed by atoms with E-state index in [9.17, 15) is 29.3 Å². The van der Waals surface area contributed by atoms with Crippen LogP contribution in [0.3, 0.4) is 0 Å². The number of amides is 2. The van der Waals surface area contributed by atoms with Gasteiger partial charge in [-0.15, -0.1) is 0 Å². The predicted molar refractivity (Wildman–Crippen MR) is 255 cm³/mol. The molecule has 4 aliphatic heterocycles. The Morgan fingerprint density at radius 2 is 1.43 bits per heavy atom. The number of nitrogens with zero attached hydrogens (tertiary/aromatic N) is 4. The fourth-order valence-corrected chi connectivity index (χ4v) is 10.3. The molecule has 4 aliphatic rings. The largest absolute Gasteiger partial charge is 0.493 e. The van der Waals surface area contributed by atoms with E-state index in [1.165, 1.54) is 20.6 Å². The van der Waals surface area contributed by atoms with Gasteiger partial charge in [0.15, 0.2) is 19.8 Å². The molecular weight excluding hydrogens is 842 g/mol. The van der Waals surface area contributed by atoms with Crippen molar-refractivity contribution in [1.29, 1.82) is 0 Å². The van der Waals surface area contributed by atoms with Gasteiger partial charge in [0.2, 0.25) is 0 Å². The van der Waals surface area contributed by atoms with Crippen molar-refractivity contribution in [2.24, 2.45) is 0 Å². The number of carbonyl (C=O) groups excluding carboxylic acids is 3. The molecule has 14 nitrogen and oxygen atoms in total. The minimum absolute atomic E-state index is 0.0312. The van der Waals surface area contributed by atoms with Crippen LogP contribution in [0.4, 0.5) is 11.4 Å². The number of hydrogen-bond donors (Lipinski definition) is 2. The summed E-state index contributed by atoms with van der Waals surface area (Å²) < 4.78 is 25.8. The van der Waals surface area contributed by atoms with Gasteiger partial charge in [0.05, 0.1) is 30.3 Å². The number of carboxylic acid groups (broad SMARTS) is 1. The quantitative estimate of drug-likeness (QED) is 0.0921. The summed E-state index contributed by atoms with van der Waals surface area (Å²) in [7, 11) is -0.417. The van der Waals surface area contributed by atoms with Crippen LogP contribution in [-0.2, 0) is 27.2 Å². The minimum Gasteiger partial charge on any atom is -0.493 e. The van der Waals surface area contributed by atoms with E-state index in [1.807, 2.05) is 63.1 Å². The lowest BCUT2D eigenvalue weighted by molar-refractivity contribution is -0.131. The Balaban J connectivity index is 1.21. The zero-order chi connectivity index (χ0) is 47.3. The van der Waals surface area contributed by atoms with Gasteiger partial charge in [-0.25, -0.2) is 4.79 Å². The lowest BCUT2D eigenvalue weighted by Gasteiger charge is -2.45. The molecule has 3 aromatic carbocycles. The maximum absolute atomic E-state index is 14.3. The van der Waals surface area contributed by atoms with E-state index < -0.39 is 27.6 Å². The van der Waals surface area contributed by atoms with Crippen molar-refractivity contribution in [3.05, 3.63) is 105 Å². The second-order valence-electron chi connectivity index (χ2n) is 19.1. The summed E-state index contributed by atoms with van der Waals surface area (Å²) in [6.07, 6.45) is 7.66. The molecule has 3 aromatic rings. The normalized spacial score (nSPS) is 20.6. The summed E-state index contributed by atoms with van der Waals surface area (Å²) in [4.78, 5) is 59.4. The first-order valence-corrected chi connectivity index (χ1v) is 24.9. The molecule has 4 heterocycles. The fourth-order valence-electron chi connectivity index (χ4n) is 9.05. The van der Waals surface area contributed by atoms with Crippen molar-refractivity contribution in [3.8, 4) is 17.2 Å². The molecule has 4 atom stereocenters. The molecule has 0 aliphatic carbocycles. The van der Waals surface area contributed by atoms with Gasteiger partial charge in [0.1, 0.15) is 31.4 Å². The van der Waals surface area contributed by atoms with Crippen LogP contribution in [0.5, 0.6) is 17.2 Å². The van der Waals surface area contributed by atoms with Gasteiger partial charge in [0, 0.05) is 48.0 Å². The highest BCUT2D eigenvalue weighted by Crippen LogP contribution is 2.45. The number of carboxylic acids is 1. The Labute approximate surface area is 384 Å². The van der Waals surface area contributed by atoms with Gasteiger partial charge >= 0.3 is 20.4 Å². The molecule has 0 fully saturated rings. The number of fused-ring (bicyclic) bond motifs is 4. The van der Waals surface area contributed by atoms with Crippen molar-refractivity contribution >= 4 is 64.2 Å². The topological polar surface area (TPSA) is 159 Å². The Kier molecular flexibility index (Phi) is 13.2. The summed E-state index contributed by atoms with van der Waals surface area (Å²) in [6.45, 7) is 20.4. The molecule has 2 amide bonds. The lowest BCUT2D eigenvalue weighted by atomic mass is 9.80. The molecule has 2 N–H and O–H groups in total. The number of hydrogen-bond acceptors (Lipinski definition) is 11. The third kappa shape index (κ3) is 9.36. The molecule has 0 spiro atoms. The third-order valence-corrected chi connectivity index (χ3v) is 17.7. The van der Waals surface area contributed by atoms with Crippen LogP contribution < -0.4 is 23.8 Å². The van der Waals surface area contributed by atoms with Gasteiger partial charge in [-0.05, 0) is 124 Å². The number of ether oxygens (including phenoxy) is 3. The van der Waals surface area contributed by atoms with E-state index in [2.05, 4.69) is 33.9 Å². The summed E-state index contributed by atoms with van der Waals surface area (Å²) in [5, 5.41) is 20.4. The van der Waals surface area contributed by atoms with Crippen molar-refractivity contribution in [3.63, 3.8) is 0 Å². The van der Waals surface area contributed by atoms with Crippen LogP contribution in [-0.4, -0.2) is 98.1 Å². The number of aliphatic carboxylic acids is 1. The molecule has 17 heteroatoms. The van der Waals surface area contributed by atoms with Gasteiger partial charge in [-0.1, -0.05) is 31.9 Å². The van der Waals surface area contributed by atoms with E-state index in [0.29, 0.717) is 81.0 Å². The van der Waals surface area contributed by atoms with E-state index >= 15 is 0 Å². The monoisotopic (exact) mass is 901 g/mol. The highest BCUT2D eigenvalue weighted by molar-refractivity contribution is 6.74. The standard InChI is InChI=1S/C48H59B2N4O10Si/c1-28-14-37-31(4)54(50(8)60)39-22-43(42(61-9)20-36(39)46(59)51(37)23-28)63-26-34-18-32(12-13-44(56)57)17-33(19-34)25-62-41-21-38-35(16-30(41)3)45(58)52-24-29(2)15-40(52)47(53(38)49-27-55)64-65(10,11)48(5,6)7/h12-13,16-24,27,31,37,40,47,60H,14-15,25-26H2,1-11H3,(H,56,57)/b13-12+/t31-,37-,40-,47-/m0/s1. The Hall–Kier alpha value is -5.77. The van der Waals surface area contributed by atoms with Crippen LogP contribution in [0.15, 0.2) is 72.1 Å². The zero-order valence-corrected chi connectivity index (χ0v) is 40.2. The molecule has 0 bridgehead atoms. The first-order chi connectivity index (χ1) is 30.6. The number of methoxy groups -OCH3 is 1. The van der Waals surface area contributed by atoms with Crippen LogP contribution in [0.25, 0.3) is 6.08 Å². The van der Waals surface area contributed by atoms with Crippen LogP contribution >= 0.6 is 0 Å². The average molecular weight is 902 g/mol. The maximum atomic E-state index is 14.3. The molecule has 1 radical (unpaired) electrons. The number of benzene rings is 3. The number of aryl methyl sites for hydroxylation is 1. The van der Waals surface area contributed by atoms with E-state index in [-0.39, 0.29) is 48.2 Å². The second kappa shape index (κ2) is 18.2. The van der Waals surface area contributed by atoms with E-state index in [1.54, 1.807) is 45.7 Å². The van der Waals surface area contributed by atoms with Gasteiger partial charge in [-0.3, -0.25) is 9.59 Å². The number of rotatable bonds is 14. The summed E-state index contributed by atoms with van der Waals surface area (Å²) in [5.74, 6) is -0.322. The Morgan fingerprint density at radius 3 is 2.00 bits per heavy atom. The van der Waals surface area contributed by atoms with Crippen LogP contribution in [0.1, 0.15) is 97.4 Å². The van der Waals surface area contributed by atoms with Crippen molar-refractivity contribution < 1.29 is 47.9 Å². The zero-order valence-electron chi connectivity index (χ0n) is 39.2. The summed E-state index contributed by atoms with van der Waals surface area (Å²) in [5.41, 5.74) is 6.63. The first-order valence-electron chi connectivity index (χ1n) is 22.0. The van der Waals surface area contributed by atoms with Crippen molar-refractivity contribution in [2.75, 3.05) is 16.7 Å². The average Bonchev–Trinajstić information content (AvgIpc) is 3.80. The predicted octanol–water partition coefficient (Wildman–Crippen LogP) is 7.79. The molecule has 65 heavy (non-hydrogen) atoms. The highest BCUT2D eigenvalue weighted by Gasteiger charge is 2.48. The summed E-state index contributed by atoms with van der Waals surface area (Å²) >= 11 is 0. The van der Waals surface area contributed by atoms with Gasteiger partial charge in [-0.2, -0.15) is 0 Å². The molecule has 7 rings (SSSR count). The fraction of sp³-hybridized carbons (Fsp3) is 0.417. The molecule has 0 aromatic heterocycles. The first kappa shape index (κ1) is 47.2. The minimum atomic E-state index is -2.44. The van der Waals surface area contributed by atoms with E-state index in [0.717, 1.165) is 17.2 Å². The van der Waals surface area contributed by atoms with Crippen molar-refractivity contribution in [1.82, 2.24) is 9.80 Å². The number of anilines is 2. The maximum Gasteiger partial charge on any atom is 0.409 e. The SMILES string of the molecule is COc1cc2c(cc1OCc1cc(/C=C/C(=O)O)cc(COc3cc4c(cc3C)C(=O)N3C=C(C)C[C@H]3[C@H](O[Si](C)(C)C(C)(C)C)N4[B]C=O)c1)N(B(C)O)[C@@H](C)[C@@H]1CC(C)=CN1C2=O. The Bertz CT molecular complexity index is 2500. The van der Waals surface area contributed by atoms with Crippen LogP contribution in [0, 0.1) is 6.92 Å². The summed E-state index contributed by atoms with van der Waals surface area (Å²) in [6, 6.07) is 11.7. The third-order valence-electron chi connectivity index (χ3n) is 13.3. The smallest absolute Gasteiger partial charge is 0.409 e. The van der Waals surface area contributed by atoms with Crippen molar-refractivity contribution in [2.45, 2.75) is 124 Å². The Morgan fingerprint density at radius 1 is 0.862 bits per heavy atom.